The summed E-state index contributed by atoms with van der Waals surface area (Å²) in [4.78, 5) is 13.7. The Morgan fingerprint density at radius 1 is 0.966 bits per heavy atom. The fourth-order valence-corrected chi connectivity index (χ4v) is 4.04. The van der Waals surface area contributed by atoms with Crippen LogP contribution in [0.2, 0.25) is 0 Å². The van der Waals surface area contributed by atoms with Crippen LogP contribution in [0, 0.1) is 0 Å². The third-order valence-electron chi connectivity index (χ3n) is 4.93. The van der Waals surface area contributed by atoms with Crippen molar-refractivity contribution in [3.63, 3.8) is 0 Å². The van der Waals surface area contributed by atoms with Crippen LogP contribution < -0.4 is 5.32 Å². The Morgan fingerprint density at radius 2 is 1.86 bits per heavy atom. The van der Waals surface area contributed by atoms with E-state index in [1.807, 2.05) is 35.2 Å². The third-order valence-corrected chi connectivity index (χ3v) is 5.62. The maximum atomic E-state index is 4.71. The minimum Gasteiger partial charge on any atom is -0.348 e. The highest BCUT2D eigenvalue weighted by molar-refractivity contribution is 7.08. The summed E-state index contributed by atoms with van der Waals surface area (Å²) in [6, 6.07) is 20.7. The first kappa shape index (κ1) is 17.6. The Bertz CT molecular complexity index is 1250. The van der Waals surface area contributed by atoms with Gasteiger partial charge in [-0.05, 0) is 58.6 Å². The summed E-state index contributed by atoms with van der Waals surface area (Å²) >= 11 is 1.70. The van der Waals surface area contributed by atoms with Crippen LogP contribution in [0.1, 0.15) is 18.5 Å². The van der Waals surface area contributed by atoms with Crippen LogP contribution in [0.5, 0.6) is 0 Å². The Morgan fingerprint density at radius 3 is 2.69 bits per heavy atom. The first-order valence-electron chi connectivity index (χ1n) is 9.42. The molecule has 5 nitrogen and oxygen atoms in total. The molecule has 2 aromatic carbocycles. The van der Waals surface area contributed by atoms with Crippen LogP contribution in [0.3, 0.4) is 0 Å². The van der Waals surface area contributed by atoms with Gasteiger partial charge in [0, 0.05) is 6.20 Å². The summed E-state index contributed by atoms with van der Waals surface area (Å²) in [5.74, 6) is 1.38. The molecule has 29 heavy (non-hydrogen) atoms. The van der Waals surface area contributed by atoms with Gasteiger partial charge in [0.05, 0.1) is 17.1 Å². The number of benzene rings is 2. The predicted molar refractivity (Wildman–Crippen MR) is 118 cm³/mol. The average molecular weight is 398 g/mol. The number of anilines is 1. The van der Waals surface area contributed by atoms with Crippen LogP contribution in [-0.4, -0.2) is 19.5 Å². The molecule has 3 aromatic heterocycles. The molecule has 0 spiro atoms. The van der Waals surface area contributed by atoms with Crippen LogP contribution >= 0.6 is 11.3 Å². The topological polar surface area (TPSA) is 55.6 Å². The molecule has 0 amide bonds. The predicted octanol–water partition coefficient (Wildman–Crippen LogP) is 5.72. The number of hydrogen-bond acceptors (Lipinski definition) is 5. The summed E-state index contributed by atoms with van der Waals surface area (Å²) in [7, 11) is 0. The number of aromatic nitrogens is 4. The Balaban J connectivity index is 1.45. The van der Waals surface area contributed by atoms with Crippen LogP contribution in [0.25, 0.3) is 28.0 Å². The zero-order chi connectivity index (χ0) is 19.6. The number of nitrogens with one attached hydrogen (secondary N) is 1. The first-order chi connectivity index (χ1) is 14.3. The standard InChI is InChI=1S/C23H19N5S/c1-16(17-5-3-2-4-6-17)26-23-24-11-9-22(27-23)28-15-25-20-13-18(7-8-21(20)28)19-10-12-29-14-19/h2-16H,1H3,(H,24,26,27). The summed E-state index contributed by atoms with van der Waals surface area (Å²) in [6.07, 6.45) is 3.59. The smallest absolute Gasteiger partial charge is 0.225 e. The molecule has 0 fully saturated rings. The number of imidazole rings is 1. The van der Waals surface area contributed by atoms with E-state index in [0.29, 0.717) is 5.95 Å². The van der Waals surface area contributed by atoms with Crippen molar-refractivity contribution in [3.05, 3.63) is 89.5 Å². The molecule has 1 unspecified atom stereocenters. The van der Waals surface area contributed by atoms with E-state index < -0.39 is 0 Å². The maximum absolute atomic E-state index is 4.71. The van der Waals surface area contributed by atoms with Crippen LogP contribution in [-0.2, 0) is 0 Å². The summed E-state index contributed by atoms with van der Waals surface area (Å²) in [6.45, 7) is 2.10. The lowest BCUT2D eigenvalue weighted by atomic mass is 10.1. The molecular formula is C23H19N5S. The molecule has 1 N–H and O–H groups in total. The molecule has 142 valence electrons. The molecule has 3 heterocycles. The molecule has 0 saturated carbocycles. The van der Waals surface area contributed by atoms with E-state index >= 15 is 0 Å². The number of fused-ring (bicyclic) bond motifs is 1. The zero-order valence-corrected chi connectivity index (χ0v) is 16.7. The fraction of sp³-hybridized carbons (Fsp3) is 0.0870. The quantitative estimate of drug-likeness (QED) is 0.412. The average Bonchev–Trinajstić information content (AvgIpc) is 3.44. The highest BCUT2D eigenvalue weighted by atomic mass is 32.1. The van der Waals surface area contributed by atoms with Crippen molar-refractivity contribution in [1.82, 2.24) is 19.5 Å². The lowest BCUT2D eigenvalue weighted by Crippen LogP contribution is -2.10. The highest BCUT2D eigenvalue weighted by Crippen LogP contribution is 2.27. The molecule has 6 heteroatoms. The van der Waals surface area contributed by atoms with Gasteiger partial charge in [-0.1, -0.05) is 36.4 Å². The van der Waals surface area contributed by atoms with Gasteiger partial charge in [-0.3, -0.25) is 4.57 Å². The molecule has 5 aromatic rings. The highest BCUT2D eigenvalue weighted by Gasteiger charge is 2.11. The van der Waals surface area contributed by atoms with E-state index in [2.05, 4.69) is 69.4 Å². The molecule has 0 bridgehead atoms. The van der Waals surface area contributed by atoms with Gasteiger partial charge in [-0.2, -0.15) is 16.3 Å². The molecule has 0 aliphatic heterocycles. The SMILES string of the molecule is CC(Nc1nccc(-n2cnc3cc(-c4ccsc4)ccc32)n1)c1ccccc1. The molecule has 0 radical (unpaired) electrons. The van der Waals surface area contributed by atoms with Crippen molar-refractivity contribution in [3.8, 4) is 16.9 Å². The van der Waals surface area contributed by atoms with E-state index in [1.54, 1.807) is 17.5 Å². The van der Waals surface area contributed by atoms with Crippen LogP contribution in [0.4, 0.5) is 5.95 Å². The van der Waals surface area contributed by atoms with Gasteiger partial charge in [0.15, 0.2) is 0 Å². The van der Waals surface area contributed by atoms with Gasteiger partial charge in [-0.25, -0.2) is 9.97 Å². The zero-order valence-electron chi connectivity index (χ0n) is 15.9. The van der Waals surface area contributed by atoms with Gasteiger partial charge in [0.1, 0.15) is 12.1 Å². The Kier molecular flexibility index (Phi) is 4.54. The van der Waals surface area contributed by atoms with Gasteiger partial charge in [0.25, 0.3) is 0 Å². The molecule has 0 saturated heterocycles. The van der Waals surface area contributed by atoms with Gasteiger partial charge in [0.2, 0.25) is 5.95 Å². The van der Waals surface area contributed by atoms with Gasteiger partial charge >= 0.3 is 0 Å². The first-order valence-corrected chi connectivity index (χ1v) is 10.4. The largest absolute Gasteiger partial charge is 0.348 e. The van der Waals surface area contributed by atoms with Crippen molar-refractivity contribution in [2.24, 2.45) is 0 Å². The van der Waals surface area contributed by atoms with Gasteiger partial charge < -0.3 is 5.32 Å². The van der Waals surface area contributed by atoms with Gasteiger partial charge in [-0.15, -0.1) is 0 Å². The second kappa shape index (κ2) is 7.48. The number of nitrogens with zero attached hydrogens (tertiary/aromatic N) is 4. The second-order valence-corrected chi connectivity index (χ2v) is 7.63. The Labute approximate surface area is 172 Å². The van der Waals surface area contributed by atoms with E-state index in [0.717, 1.165) is 16.9 Å². The maximum Gasteiger partial charge on any atom is 0.225 e. The minimum atomic E-state index is 0.110. The lowest BCUT2D eigenvalue weighted by Gasteiger charge is -2.14. The van der Waals surface area contributed by atoms with E-state index in [9.17, 15) is 0 Å². The summed E-state index contributed by atoms with van der Waals surface area (Å²) in [5, 5.41) is 7.62. The van der Waals surface area contributed by atoms with E-state index in [4.69, 9.17) is 4.98 Å². The monoisotopic (exact) mass is 397 g/mol. The number of rotatable bonds is 5. The van der Waals surface area contributed by atoms with E-state index in [1.165, 1.54) is 16.7 Å². The molecule has 0 aliphatic rings. The third kappa shape index (κ3) is 3.50. The summed E-state index contributed by atoms with van der Waals surface area (Å²) < 4.78 is 1.99. The van der Waals surface area contributed by atoms with E-state index in [-0.39, 0.29) is 6.04 Å². The number of hydrogen-bond donors (Lipinski definition) is 1. The normalized spacial score (nSPS) is 12.2. The van der Waals surface area contributed by atoms with Crippen molar-refractivity contribution in [2.45, 2.75) is 13.0 Å². The minimum absolute atomic E-state index is 0.110. The molecule has 0 aliphatic carbocycles. The van der Waals surface area contributed by atoms with Crippen molar-refractivity contribution >= 4 is 28.3 Å². The molecule has 5 rings (SSSR count). The van der Waals surface area contributed by atoms with Crippen LogP contribution in [0.15, 0.2) is 83.9 Å². The molecular weight excluding hydrogens is 378 g/mol. The lowest BCUT2D eigenvalue weighted by molar-refractivity contribution is 0.854. The van der Waals surface area contributed by atoms with Crippen molar-refractivity contribution in [2.75, 3.05) is 5.32 Å². The van der Waals surface area contributed by atoms with Crippen molar-refractivity contribution < 1.29 is 0 Å². The second-order valence-electron chi connectivity index (χ2n) is 6.85. The summed E-state index contributed by atoms with van der Waals surface area (Å²) in [5.41, 5.74) is 5.54. The number of thiophene rings is 1. The Hall–Kier alpha value is -3.51. The fourth-order valence-electron chi connectivity index (χ4n) is 3.38. The molecule has 1 atom stereocenters. The van der Waals surface area contributed by atoms with Crippen molar-refractivity contribution in [1.29, 1.82) is 0 Å².